The fourth-order valence-corrected chi connectivity index (χ4v) is 2.00. The van der Waals surface area contributed by atoms with E-state index in [4.69, 9.17) is 11.6 Å². The van der Waals surface area contributed by atoms with Gasteiger partial charge in [0.1, 0.15) is 5.02 Å². The van der Waals surface area contributed by atoms with Crippen LogP contribution in [-0.2, 0) is 0 Å². The zero-order valence-electron chi connectivity index (χ0n) is 10.8. The molecule has 0 atom stereocenters. The Bertz CT molecular complexity index is 763. The molecule has 0 radical (unpaired) electrons. The molecule has 0 aliphatic carbocycles. The van der Waals surface area contributed by atoms with Gasteiger partial charge in [-0.25, -0.2) is 26.3 Å². The maximum absolute atomic E-state index is 13.8. The van der Waals surface area contributed by atoms with Crippen molar-refractivity contribution in [2.45, 2.75) is 0 Å². The zero-order chi connectivity index (χ0) is 17.6. The lowest BCUT2D eigenvalue weighted by Gasteiger charge is -2.13. The lowest BCUT2D eigenvalue weighted by Crippen LogP contribution is -2.08. The third-order valence-electron chi connectivity index (χ3n) is 2.89. The smallest absolute Gasteiger partial charge is 0.204 e. The number of halogens is 9. The second-order valence-corrected chi connectivity index (χ2v) is 4.49. The normalized spacial score (nSPS) is 11.0. The van der Waals surface area contributed by atoms with Crippen molar-refractivity contribution in [1.82, 2.24) is 0 Å². The maximum Gasteiger partial charge on any atom is 0.204 e. The Morgan fingerprint density at radius 1 is 0.565 bits per heavy atom. The average Bonchev–Trinajstić information content (AvgIpc) is 2.53. The van der Waals surface area contributed by atoms with Gasteiger partial charge >= 0.3 is 0 Å². The predicted molar refractivity (Wildman–Crippen MR) is 63.1 cm³/mol. The minimum Gasteiger partial charge on any atom is -0.491 e. The van der Waals surface area contributed by atoms with Gasteiger partial charge in [0, 0.05) is 0 Å². The summed E-state index contributed by atoms with van der Waals surface area (Å²) in [4.78, 5) is 0. The van der Waals surface area contributed by atoms with E-state index >= 15 is 0 Å². The molecule has 0 aliphatic rings. The highest BCUT2D eigenvalue weighted by molar-refractivity contribution is 6.31. The number of rotatable bonds is 2. The van der Waals surface area contributed by atoms with Crippen molar-refractivity contribution in [2.24, 2.45) is 0 Å². The van der Waals surface area contributed by atoms with Crippen molar-refractivity contribution in [1.29, 1.82) is 0 Å². The molecule has 0 spiro atoms. The van der Waals surface area contributed by atoms with Crippen LogP contribution in [0.1, 0.15) is 0 Å². The van der Waals surface area contributed by atoms with Crippen LogP contribution in [0.25, 0.3) is 11.1 Å². The minimum absolute atomic E-state index is 0.669. The van der Waals surface area contributed by atoms with E-state index in [0.717, 1.165) is 0 Å². The van der Waals surface area contributed by atoms with Crippen LogP contribution in [0.2, 0.25) is 5.02 Å². The van der Waals surface area contributed by atoms with Gasteiger partial charge in [0.15, 0.2) is 40.7 Å². The van der Waals surface area contributed by atoms with Crippen molar-refractivity contribution in [3.63, 3.8) is 0 Å². The van der Waals surface area contributed by atoms with Gasteiger partial charge in [0.25, 0.3) is 0 Å². The summed E-state index contributed by atoms with van der Waals surface area (Å²) in [5.41, 5.74) is -3.97. The Morgan fingerprint density at radius 2 is 0.870 bits per heavy atom. The van der Waals surface area contributed by atoms with E-state index < -0.39 is 68.4 Å². The third kappa shape index (κ3) is 2.39. The highest BCUT2D eigenvalue weighted by Crippen LogP contribution is 2.40. The van der Waals surface area contributed by atoms with Crippen LogP contribution in [0.4, 0.5) is 35.1 Å². The molecule has 2 rings (SSSR count). The van der Waals surface area contributed by atoms with Gasteiger partial charge < -0.3 is 4.74 Å². The molecule has 2 aromatic carbocycles. The summed E-state index contributed by atoms with van der Waals surface area (Å²) in [7, 11) is 0.669. The summed E-state index contributed by atoms with van der Waals surface area (Å²) in [6.07, 6.45) is 0. The topological polar surface area (TPSA) is 9.23 Å². The van der Waals surface area contributed by atoms with E-state index in [9.17, 15) is 35.1 Å². The molecule has 0 bridgehead atoms. The fourth-order valence-electron chi connectivity index (χ4n) is 1.83. The van der Waals surface area contributed by atoms with E-state index in [0.29, 0.717) is 7.11 Å². The highest BCUT2D eigenvalue weighted by atomic mass is 35.5. The van der Waals surface area contributed by atoms with Gasteiger partial charge in [-0.05, 0) is 0 Å². The second kappa shape index (κ2) is 5.88. The van der Waals surface area contributed by atoms with Crippen LogP contribution in [0.3, 0.4) is 0 Å². The van der Waals surface area contributed by atoms with Crippen LogP contribution in [0, 0.1) is 46.5 Å². The Labute approximate surface area is 128 Å². The van der Waals surface area contributed by atoms with Crippen LogP contribution >= 0.6 is 11.6 Å². The molecule has 0 aliphatic heterocycles. The van der Waals surface area contributed by atoms with Gasteiger partial charge in [0.05, 0.1) is 18.2 Å². The summed E-state index contributed by atoms with van der Waals surface area (Å²) < 4.78 is 113. The predicted octanol–water partition coefficient (Wildman–Crippen LogP) is 5.13. The molecule has 0 N–H and O–H groups in total. The Morgan fingerprint density at radius 3 is 1.17 bits per heavy atom. The molecule has 124 valence electrons. The molecule has 0 heterocycles. The maximum atomic E-state index is 13.8. The molecule has 10 heteroatoms. The van der Waals surface area contributed by atoms with E-state index in [1.54, 1.807) is 0 Å². The van der Waals surface area contributed by atoms with Gasteiger partial charge in [-0.3, -0.25) is 0 Å². The van der Waals surface area contributed by atoms with Crippen molar-refractivity contribution in [3.8, 4) is 16.9 Å². The summed E-state index contributed by atoms with van der Waals surface area (Å²) in [5, 5.41) is -1.63. The summed E-state index contributed by atoms with van der Waals surface area (Å²) in [6.45, 7) is 0. The molecular formula is C13H3ClF8O. The third-order valence-corrected chi connectivity index (χ3v) is 3.22. The molecule has 0 unspecified atom stereocenters. The summed E-state index contributed by atoms with van der Waals surface area (Å²) in [6, 6.07) is 0. The van der Waals surface area contributed by atoms with Crippen molar-refractivity contribution < 1.29 is 39.9 Å². The Kier molecular flexibility index (Phi) is 4.43. The van der Waals surface area contributed by atoms with Gasteiger partial charge in [-0.15, -0.1) is 0 Å². The van der Waals surface area contributed by atoms with E-state index in [1.807, 2.05) is 0 Å². The Balaban J connectivity index is 3.01. The van der Waals surface area contributed by atoms with Gasteiger partial charge in [0.2, 0.25) is 11.6 Å². The van der Waals surface area contributed by atoms with Crippen LogP contribution in [0.5, 0.6) is 5.75 Å². The van der Waals surface area contributed by atoms with Gasteiger partial charge in [-0.1, -0.05) is 11.6 Å². The standard InChI is InChI=1S/C13H3ClF8O/c1-23-13-11(21)7(17)3(8(18)12(13)22)2-5(15)9(19)4(14)10(20)6(2)16/h1H3. The molecule has 1 nitrogen and oxygen atoms in total. The largest absolute Gasteiger partial charge is 0.491 e. The number of hydrogen-bond donors (Lipinski definition) is 0. The molecule has 0 aromatic heterocycles. The molecule has 0 saturated heterocycles. The van der Waals surface area contributed by atoms with E-state index in [2.05, 4.69) is 4.74 Å². The lowest BCUT2D eigenvalue weighted by molar-refractivity contribution is 0.333. The first-order valence-corrected chi connectivity index (χ1v) is 5.94. The Hall–Kier alpha value is -2.03. The first kappa shape index (κ1) is 17.3. The molecule has 0 amide bonds. The van der Waals surface area contributed by atoms with E-state index in [-0.39, 0.29) is 0 Å². The molecule has 23 heavy (non-hydrogen) atoms. The molecule has 0 saturated carbocycles. The quantitative estimate of drug-likeness (QED) is 0.409. The van der Waals surface area contributed by atoms with Crippen LogP contribution in [0.15, 0.2) is 0 Å². The monoisotopic (exact) mass is 362 g/mol. The summed E-state index contributed by atoms with van der Waals surface area (Å²) in [5.74, 6) is -19.4. The zero-order valence-corrected chi connectivity index (χ0v) is 11.6. The first-order valence-electron chi connectivity index (χ1n) is 5.56. The molecule has 2 aromatic rings. The highest BCUT2D eigenvalue weighted by Gasteiger charge is 2.34. The SMILES string of the molecule is COc1c(F)c(F)c(-c2c(F)c(F)c(Cl)c(F)c2F)c(F)c1F. The van der Waals surface area contributed by atoms with Crippen molar-refractivity contribution in [3.05, 3.63) is 51.6 Å². The number of hydrogen-bond acceptors (Lipinski definition) is 1. The molecular weight excluding hydrogens is 360 g/mol. The lowest BCUT2D eigenvalue weighted by atomic mass is 10.0. The fraction of sp³-hybridized carbons (Fsp3) is 0.0769. The second-order valence-electron chi connectivity index (χ2n) is 4.11. The van der Waals surface area contributed by atoms with Crippen molar-refractivity contribution >= 4 is 11.6 Å². The molecule has 0 fully saturated rings. The average molecular weight is 363 g/mol. The number of ether oxygens (including phenoxy) is 1. The van der Waals surface area contributed by atoms with Gasteiger partial charge in [-0.2, -0.15) is 8.78 Å². The number of methoxy groups -OCH3 is 1. The number of benzene rings is 2. The minimum atomic E-state index is -2.32. The van der Waals surface area contributed by atoms with E-state index in [1.165, 1.54) is 0 Å². The van der Waals surface area contributed by atoms with Crippen LogP contribution < -0.4 is 4.74 Å². The summed E-state index contributed by atoms with van der Waals surface area (Å²) >= 11 is 4.95. The van der Waals surface area contributed by atoms with Crippen molar-refractivity contribution in [2.75, 3.05) is 7.11 Å². The van der Waals surface area contributed by atoms with Crippen LogP contribution in [-0.4, -0.2) is 7.11 Å². The first-order chi connectivity index (χ1) is 10.6.